The van der Waals surface area contributed by atoms with E-state index in [4.69, 9.17) is 15.5 Å². The second-order valence-corrected chi connectivity index (χ2v) is 13.0. The molecule has 236 valence electrons. The van der Waals surface area contributed by atoms with E-state index >= 15 is 0 Å². The van der Waals surface area contributed by atoms with Crippen LogP contribution in [0.2, 0.25) is 0 Å². The summed E-state index contributed by atoms with van der Waals surface area (Å²) in [5.41, 5.74) is 40.7. The molecule has 0 aliphatic heterocycles. The maximum Gasteiger partial charge on any atom is 0.302 e. The number of ether oxygens (including phenoxy) is 1. The van der Waals surface area contributed by atoms with Crippen LogP contribution >= 0.6 is 22.7 Å². The highest BCUT2D eigenvalue weighted by atomic mass is 32.2. The molecule has 0 aliphatic carbocycles. The lowest BCUT2D eigenvalue weighted by atomic mass is 10.0. The van der Waals surface area contributed by atoms with Gasteiger partial charge >= 0.3 is 5.97 Å². The van der Waals surface area contributed by atoms with Crippen molar-refractivity contribution in [3.63, 3.8) is 0 Å². The zero-order valence-electron chi connectivity index (χ0n) is 26.0. The zero-order valence-corrected chi connectivity index (χ0v) is 28.5. The molecule has 1 aromatic carbocycles. The van der Waals surface area contributed by atoms with Crippen LogP contribution in [0.25, 0.3) is 31.9 Å². The van der Waals surface area contributed by atoms with E-state index in [0.29, 0.717) is 10.2 Å². The number of carbonyl (C=O) groups is 1. The first-order valence-corrected chi connectivity index (χ1v) is 17.1. The molecule has 4 rings (SSSR count). The summed E-state index contributed by atoms with van der Waals surface area (Å²) in [4.78, 5) is 17.2. The molecular weight excluding hydrogens is 657 g/mol. The quantitative estimate of drug-likeness (QED) is 0.119. The molecule has 6 nitrogen and oxygen atoms in total. The molecule has 0 saturated carbocycles. The Kier molecular flexibility index (Phi) is 16.5. The summed E-state index contributed by atoms with van der Waals surface area (Å²) in [5, 5.41) is 2.63. The van der Waals surface area contributed by atoms with Crippen LogP contribution in [0.4, 0.5) is 5.69 Å². The monoisotopic (exact) mass is 684 g/mol. The Hall–Kier alpha value is -6.13. The number of esters is 1. The summed E-state index contributed by atoms with van der Waals surface area (Å²) in [6.07, 6.45) is 0.203. The summed E-state index contributed by atoms with van der Waals surface area (Å²) < 4.78 is 30.9. The number of thiophene rings is 2. The Morgan fingerprint density at radius 2 is 1.42 bits per heavy atom. The molecule has 0 aliphatic rings. The molecule has 0 radical (unpaired) electrons. The van der Waals surface area contributed by atoms with E-state index < -0.39 is 15.8 Å². The van der Waals surface area contributed by atoms with Gasteiger partial charge in [0, 0.05) is 12.3 Å². The molecule has 0 bridgehead atoms. The molecule has 0 saturated heterocycles. The molecule has 48 heavy (non-hydrogen) atoms. The number of nitrogen functional groups attached to an aromatic ring is 1. The molecule has 0 fully saturated rings. The van der Waals surface area contributed by atoms with Crippen LogP contribution in [-0.2, 0) is 19.4 Å². The van der Waals surface area contributed by atoms with Crippen molar-refractivity contribution in [1.29, 1.82) is 0 Å². The van der Waals surface area contributed by atoms with Crippen molar-refractivity contribution in [3.8, 4) is 21.7 Å². The predicted molar refractivity (Wildman–Crippen MR) is 194 cm³/mol. The minimum absolute atomic E-state index is 0.0510. The van der Waals surface area contributed by atoms with E-state index in [1.807, 2.05) is 53.9 Å². The SMILES string of the molecule is C=C=C=C=C=C=C.C=C=C=C=C=C=C=C=C=C.CC(=O)OCCCS(=O)(=O)c1sc2nc(-c3cccs3)cc(-c3ccccc3)c2c1N. The van der Waals surface area contributed by atoms with Gasteiger partial charge < -0.3 is 10.5 Å². The van der Waals surface area contributed by atoms with Crippen LogP contribution in [0.5, 0.6) is 0 Å². The summed E-state index contributed by atoms with van der Waals surface area (Å²) >= 11 is 2.66. The van der Waals surface area contributed by atoms with Gasteiger partial charge in [-0.25, -0.2) is 13.4 Å². The lowest BCUT2D eigenvalue weighted by molar-refractivity contribution is -0.140. The molecule has 0 unspecified atom stereocenters. The zero-order chi connectivity index (χ0) is 35.2. The van der Waals surface area contributed by atoms with E-state index in [0.717, 1.165) is 33.0 Å². The van der Waals surface area contributed by atoms with Gasteiger partial charge in [0.2, 0.25) is 0 Å². The number of nitrogens with zero attached hydrogens (tertiary/aromatic N) is 1. The predicted octanol–water partition coefficient (Wildman–Crippen LogP) is 8.62. The van der Waals surface area contributed by atoms with E-state index in [9.17, 15) is 13.2 Å². The Morgan fingerprint density at radius 1 is 0.854 bits per heavy atom. The largest absolute Gasteiger partial charge is 0.466 e. The first kappa shape index (κ1) is 38.1. The number of fused-ring (bicyclic) bond motifs is 1. The molecule has 4 aromatic rings. The third-order valence-electron chi connectivity index (χ3n) is 5.46. The smallest absolute Gasteiger partial charge is 0.302 e. The van der Waals surface area contributed by atoms with E-state index in [1.165, 1.54) is 6.92 Å². The molecule has 0 atom stereocenters. The standard InChI is InChI=1S/C22H20N2O4S3.C10H4.C7H4/c1-14(25)28-10-6-12-31(26,27)22-20(23)19-16(15-7-3-2-4-8-15)13-17(24-21(19)30-22)18-9-5-11-29-18;1-3-5-7-9-10-8-6-4-2;1-3-5-7-6-4-2/h2-5,7-9,11,13H,6,10,12,23H2,1H3;1-2H2;1-2H2. The number of anilines is 1. The van der Waals surface area contributed by atoms with Crippen LogP contribution in [-0.4, -0.2) is 31.7 Å². The number of aromatic nitrogens is 1. The number of nitrogens with two attached hydrogens (primary N) is 1. The van der Waals surface area contributed by atoms with Crippen molar-refractivity contribution in [1.82, 2.24) is 4.98 Å². The summed E-state index contributed by atoms with van der Waals surface area (Å²) in [6, 6.07) is 15.6. The first-order chi connectivity index (χ1) is 23.2. The van der Waals surface area contributed by atoms with Gasteiger partial charge in [-0.3, -0.25) is 4.79 Å². The highest BCUT2D eigenvalue weighted by Crippen LogP contribution is 2.43. The average Bonchev–Trinajstić information content (AvgIpc) is 3.75. The Balaban J connectivity index is 0.000000389. The van der Waals surface area contributed by atoms with Crippen molar-refractivity contribution >= 4 is 54.4 Å². The molecule has 0 spiro atoms. The maximum absolute atomic E-state index is 13.0. The van der Waals surface area contributed by atoms with E-state index in [2.05, 4.69) is 101 Å². The van der Waals surface area contributed by atoms with Gasteiger partial charge in [-0.2, -0.15) is 0 Å². The van der Waals surface area contributed by atoms with Gasteiger partial charge in [0.1, 0.15) is 9.04 Å². The Morgan fingerprint density at radius 3 is 1.94 bits per heavy atom. The van der Waals surface area contributed by atoms with Gasteiger partial charge in [-0.1, -0.05) is 59.3 Å². The second-order valence-electron chi connectivity index (χ2n) is 8.73. The third kappa shape index (κ3) is 12.3. The Bertz CT molecular complexity index is 2310. The lowest BCUT2D eigenvalue weighted by Crippen LogP contribution is -2.11. The average molecular weight is 685 g/mol. The highest BCUT2D eigenvalue weighted by Gasteiger charge is 2.26. The van der Waals surface area contributed by atoms with Crippen molar-refractivity contribution < 1.29 is 17.9 Å². The highest BCUT2D eigenvalue weighted by molar-refractivity contribution is 7.93. The normalized spacial score (nSPS) is 8.77. The van der Waals surface area contributed by atoms with Crippen molar-refractivity contribution in [2.75, 3.05) is 18.1 Å². The Labute approximate surface area is 288 Å². The summed E-state index contributed by atoms with van der Waals surface area (Å²) in [5.74, 6) is -0.591. The number of rotatable bonds is 7. The topological polar surface area (TPSA) is 99.4 Å². The lowest BCUT2D eigenvalue weighted by Gasteiger charge is -2.08. The number of carbonyl (C=O) groups excluding carboxylic acids is 1. The molecule has 2 N–H and O–H groups in total. The maximum atomic E-state index is 13.0. The van der Waals surface area contributed by atoms with Crippen LogP contribution < -0.4 is 5.73 Å². The minimum Gasteiger partial charge on any atom is -0.466 e. The fourth-order valence-corrected chi connectivity index (χ4v) is 7.27. The number of hydrogen-bond acceptors (Lipinski definition) is 8. The number of hydrogen-bond donors (Lipinski definition) is 1. The fourth-order valence-electron chi connectivity index (χ4n) is 3.62. The van der Waals surface area contributed by atoms with Gasteiger partial charge in [0.15, 0.2) is 9.84 Å². The van der Waals surface area contributed by atoms with Gasteiger partial charge in [0.05, 0.1) is 28.6 Å². The van der Waals surface area contributed by atoms with Gasteiger partial charge in [-0.15, -0.1) is 22.7 Å². The summed E-state index contributed by atoms with van der Waals surface area (Å²) in [6.45, 7) is 14.4. The minimum atomic E-state index is -3.65. The molecule has 9 heteroatoms. The molecule has 0 amide bonds. The summed E-state index contributed by atoms with van der Waals surface area (Å²) in [7, 11) is -3.65. The van der Waals surface area contributed by atoms with Crippen LogP contribution in [0.15, 0.2) is 159 Å². The molecule has 3 aromatic heterocycles. The number of benzene rings is 1. The van der Waals surface area contributed by atoms with E-state index in [1.54, 1.807) is 11.3 Å². The molecular formula is C39H28N2O4S3. The molecule has 3 heterocycles. The number of pyridine rings is 1. The van der Waals surface area contributed by atoms with Crippen molar-refractivity contribution in [2.45, 2.75) is 17.6 Å². The van der Waals surface area contributed by atoms with E-state index in [-0.39, 0.29) is 28.7 Å². The first-order valence-electron chi connectivity index (χ1n) is 13.7. The fraction of sp³-hybridized carbons (Fsp3) is 0.103. The van der Waals surface area contributed by atoms with Gasteiger partial charge in [0.25, 0.3) is 0 Å². The van der Waals surface area contributed by atoms with Crippen LogP contribution in [0.1, 0.15) is 13.3 Å². The third-order valence-corrected chi connectivity index (χ3v) is 9.87. The second kappa shape index (κ2) is 20.8. The van der Waals surface area contributed by atoms with Crippen molar-refractivity contribution in [2.24, 2.45) is 0 Å². The van der Waals surface area contributed by atoms with Crippen molar-refractivity contribution in [3.05, 3.63) is 155 Å². The van der Waals surface area contributed by atoms with Crippen LogP contribution in [0, 0.1) is 0 Å². The number of sulfone groups is 1. The van der Waals surface area contributed by atoms with Crippen LogP contribution in [0.3, 0.4) is 0 Å². The van der Waals surface area contributed by atoms with Gasteiger partial charge in [-0.05, 0) is 113 Å².